The smallest absolute Gasteiger partial charge is 0.244 e. The lowest BCUT2D eigenvalue weighted by molar-refractivity contribution is -0.116. The highest BCUT2D eigenvalue weighted by atomic mass is 35.5. The summed E-state index contributed by atoms with van der Waals surface area (Å²) in [5.41, 5.74) is 2.56. The normalized spacial score (nSPS) is 11.6. The molecule has 8 heteroatoms. The average molecular weight is 430 g/mol. The van der Waals surface area contributed by atoms with Gasteiger partial charge in [0.05, 0.1) is 11.4 Å². The quantitative estimate of drug-likeness (QED) is 0.564. The lowest BCUT2D eigenvalue weighted by Crippen LogP contribution is -2.20. The van der Waals surface area contributed by atoms with Crippen LogP contribution in [0, 0.1) is 25.6 Å². The van der Waals surface area contributed by atoms with Gasteiger partial charge in [0.15, 0.2) is 0 Å². The molecule has 1 amide bonds. The van der Waals surface area contributed by atoms with Crippen molar-refractivity contribution in [2.75, 3.05) is 0 Å². The zero-order valence-electron chi connectivity index (χ0n) is 17.5. The molecule has 3 rings (SSSR count). The Morgan fingerprint density at radius 3 is 2.73 bits per heavy atom. The second-order valence-electron chi connectivity index (χ2n) is 7.55. The molecule has 1 N–H and O–H groups in total. The Balaban J connectivity index is 1.63. The molecule has 1 aromatic carbocycles. The Kier molecular flexibility index (Phi) is 6.72. The fraction of sp³-hybridized carbons (Fsp3) is 0.318. The van der Waals surface area contributed by atoms with Crippen LogP contribution in [0.1, 0.15) is 36.5 Å². The minimum absolute atomic E-state index is 0.211. The number of aryl methyl sites for hydroxylation is 2. The summed E-state index contributed by atoms with van der Waals surface area (Å²) in [5, 5.41) is 7.69. The summed E-state index contributed by atoms with van der Waals surface area (Å²) in [6.07, 6.45) is 6.39. The molecule has 0 bridgehead atoms. The van der Waals surface area contributed by atoms with Crippen molar-refractivity contribution in [1.29, 1.82) is 0 Å². The molecule has 0 radical (unpaired) electrons. The zero-order valence-corrected chi connectivity index (χ0v) is 18.2. The lowest BCUT2D eigenvalue weighted by Gasteiger charge is -2.09. The number of aromatic nitrogens is 4. The first-order chi connectivity index (χ1) is 14.3. The Bertz CT molecular complexity index is 1080. The van der Waals surface area contributed by atoms with Crippen molar-refractivity contribution in [3.63, 3.8) is 0 Å². The van der Waals surface area contributed by atoms with Gasteiger partial charge in [0.1, 0.15) is 16.8 Å². The van der Waals surface area contributed by atoms with E-state index >= 15 is 0 Å². The molecule has 158 valence electrons. The molecule has 2 aromatic heterocycles. The number of nitrogens with zero attached hydrogens (tertiary/aromatic N) is 4. The summed E-state index contributed by atoms with van der Waals surface area (Å²) in [7, 11) is 0. The molecule has 0 atom stereocenters. The van der Waals surface area contributed by atoms with Gasteiger partial charge in [-0.25, -0.2) is 9.37 Å². The van der Waals surface area contributed by atoms with Crippen LogP contribution in [-0.4, -0.2) is 25.2 Å². The molecule has 6 nitrogen and oxygen atoms in total. The molecule has 0 saturated heterocycles. The van der Waals surface area contributed by atoms with Gasteiger partial charge in [-0.1, -0.05) is 31.5 Å². The largest absolute Gasteiger partial charge is 0.348 e. The van der Waals surface area contributed by atoms with Gasteiger partial charge in [0.2, 0.25) is 5.91 Å². The number of amides is 1. The van der Waals surface area contributed by atoms with Crippen LogP contribution in [0.25, 0.3) is 11.8 Å². The first kappa shape index (κ1) is 21.8. The van der Waals surface area contributed by atoms with Crippen molar-refractivity contribution in [3.8, 4) is 5.69 Å². The fourth-order valence-corrected chi connectivity index (χ4v) is 3.43. The van der Waals surface area contributed by atoms with E-state index in [1.807, 2.05) is 6.92 Å². The molecule has 0 aliphatic heterocycles. The van der Waals surface area contributed by atoms with Crippen molar-refractivity contribution in [3.05, 3.63) is 70.3 Å². The summed E-state index contributed by atoms with van der Waals surface area (Å²) in [6.45, 7) is 8.75. The molecule has 30 heavy (non-hydrogen) atoms. The van der Waals surface area contributed by atoms with Gasteiger partial charge in [-0.2, -0.15) is 5.10 Å². The third kappa shape index (κ3) is 4.97. The highest BCUT2D eigenvalue weighted by Gasteiger charge is 2.12. The van der Waals surface area contributed by atoms with Crippen molar-refractivity contribution in [1.82, 2.24) is 24.6 Å². The summed E-state index contributed by atoms with van der Waals surface area (Å²) in [5.74, 6) is 0.438. The van der Waals surface area contributed by atoms with Crippen molar-refractivity contribution < 1.29 is 9.18 Å². The number of halogens is 2. The minimum Gasteiger partial charge on any atom is -0.348 e. The first-order valence-corrected chi connectivity index (χ1v) is 10.1. The molecule has 0 spiro atoms. The third-order valence-electron chi connectivity index (χ3n) is 4.61. The molecule has 0 unspecified atom stereocenters. The summed E-state index contributed by atoms with van der Waals surface area (Å²) < 4.78 is 17.9. The van der Waals surface area contributed by atoms with Crippen LogP contribution in [0.4, 0.5) is 4.39 Å². The molecular weight excluding hydrogens is 405 g/mol. The van der Waals surface area contributed by atoms with Crippen molar-refractivity contribution >= 4 is 23.6 Å². The average Bonchev–Trinajstić information content (AvgIpc) is 3.21. The number of carbonyl (C=O) groups is 1. The van der Waals surface area contributed by atoms with Crippen LogP contribution >= 0.6 is 11.6 Å². The van der Waals surface area contributed by atoms with E-state index in [1.54, 1.807) is 46.8 Å². The predicted molar refractivity (Wildman–Crippen MR) is 116 cm³/mol. The second kappa shape index (κ2) is 9.26. The maximum Gasteiger partial charge on any atom is 0.244 e. The topological polar surface area (TPSA) is 64.7 Å². The highest BCUT2D eigenvalue weighted by Crippen LogP contribution is 2.22. The Morgan fingerprint density at radius 1 is 1.33 bits per heavy atom. The fourth-order valence-electron chi connectivity index (χ4n) is 3.12. The second-order valence-corrected chi connectivity index (χ2v) is 7.91. The van der Waals surface area contributed by atoms with Crippen LogP contribution < -0.4 is 5.32 Å². The minimum atomic E-state index is -0.377. The van der Waals surface area contributed by atoms with E-state index in [4.69, 9.17) is 11.6 Å². The summed E-state index contributed by atoms with van der Waals surface area (Å²) in [4.78, 5) is 16.3. The maximum absolute atomic E-state index is 14.5. The Hall–Kier alpha value is -2.93. The van der Waals surface area contributed by atoms with E-state index in [0.717, 1.165) is 11.3 Å². The molecule has 0 aliphatic rings. The SMILES string of the molecule is Cc1nn(CC(C)C)c(Cl)c1/C=C/C(=O)NCc1ccc(-n2ccnc2C)c(F)c1. The number of imidazole rings is 1. The van der Waals surface area contributed by atoms with E-state index in [0.29, 0.717) is 34.7 Å². The molecular formula is C22H25ClFN5O. The van der Waals surface area contributed by atoms with Crippen molar-refractivity contribution in [2.24, 2.45) is 5.92 Å². The monoisotopic (exact) mass is 429 g/mol. The lowest BCUT2D eigenvalue weighted by atomic mass is 10.2. The molecule has 0 fully saturated rings. The van der Waals surface area contributed by atoms with E-state index in [9.17, 15) is 9.18 Å². The van der Waals surface area contributed by atoms with Gasteiger partial charge in [-0.05, 0) is 43.5 Å². The van der Waals surface area contributed by atoms with Gasteiger partial charge in [-0.3, -0.25) is 9.48 Å². The number of nitrogens with one attached hydrogen (secondary N) is 1. The van der Waals surface area contributed by atoms with Crippen LogP contribution in [0.5, 0.6) is 0 Å². The van der Waals surface area contributed by atoms with Crippen LogP contribution in [0.2, 0.25) is 5.15 Å². The zero-order chi connectivity index (χ0) is 21.8. The van der Waals surface area contributed by atoms with E-state index < -0.39 is 0 Å². The third-order valence-corrected chi connectivity index (χ3v) is 5.01. The molecule has 2 heterocycles. The van der Waals surface area contributed by atoms with Gasteiger partial charge in [0, 0.05) is 37.1 Å². The van der Waals surface area contributed by atoms with E-state index in [2.05, 4.69) is 29.2 Å². The van der Waals surface area contributed by atoms with E-state index in [-0.39, 0.29) is 18.3 Å². The van der Waals surface area contributed by atoms with Crippen molar-refractivity contribution in [2.45, 2.75) is 40.8 Å². The summed E-state index contributed by atoms with van der Waals surface area (Å²) in [6, 6.07) is 4.86. The van der Waals surface area contributed by atoms with Gasteiger partial charge in [0.25, 0.3) is 0 Å². The van der Waals surface area contributed by atoms with E-state index in [1.165, 1.54) is 12.1 Å². The molecule has 0 saturated carbocycles. The predicted octanol–water partition coefficient (Wildman–Crippen LogP) is 4.46. The van der Waals surface area contributed by atoms with Gasteiger partial charge < -0.3 is 9.88 Å². The van der Waals surface area contributed by atoms with Gasteiger partial charge in [-0.15, -0.1) is 0 Å². The highest BCUT2D eigenvalue weighted by molar-refractivity contribution is 6.31. The van der Waals surface area contributed by atoms with Crippen LogP contribution in [-0.2, 0) is 17.9 Å². The standard InChI is InChI=1S/C22H25ClFN5O/c1-14(2)13-29-22(23)18(15(3)27-29)6-8-21(30)26-12-17-5-7-20(19(24)11-17)28-10-9-25-16(28)4/h5-11,14H,12-13H2,1-4H3,(H,26,30)/b8-6+. The maximum atomic E-state index is 14.5. The van der Waals surface area contributed by atoms with Crippen LogP contribution in [0.15, 0.2) is 36.7 Å². The Morgan fingerprint density at radius 2 is 2.10 bits per heavy atom. The number of hydrogen-bond acceptors (Lipinski definition) is 3. The van der Waals surface area contributed by atoms with Crippen LogP contribution in [0.3, 0.4) is 0 Å². The molecule has 0 aliphatic carbocycles. The molecule has 3 aromatic rings. The Labute approximate surface area is 180 Å². The first-order valence-electron chi connectivity index (χ1n) is 9.73. The number of rotatable bonds is 7. The number of benzene rings is 1. The number of hydrogen-bond donors (Lipinski definition) is 1. The van der Waals surface area contributed by atoms with Gasteiger partial charge >= 0.3 is 0 Å². The summed E-state index contributed by atoms with van der Waals surface area (Å²) >= 11 is 6.39. The number of carbonyl (C=O) groups excluding carboxylic acids is 1.